The van der Waals surface area contributed by atoms with Crippen LogP contribution in [-0.4, -0.2) is 140 Å². The van der Waals surface area contributed by atoms with Gasteiger partial charge in [0.25, 0.3) is 0 Å². The van der Waals surface area contributed by atoms with Gasteiger partial charge in [0, 0.05) is 6.42 Å². The summed E-state index contributed by atoms with van der Waals surface area (Å²) < 4.78 is 22.6. The second kappa shape index (κ2) is 37.0. The minimum atomic E-state index is -1.79. The summed E-state index contributed by atoms with van der Waals surface area (Å²) in [4.78, 5) is 13.1. The normalized spacial score (nSPS) is 27.7. The van der Waals surface area contributed by atoms with Crippen molar-refractivity contribution in [3.8, 4) is 0 Å². The van der Waals surface area contributed by atoms with Crippen LogP contribution in [0.15, 0.2) is 48.6 Å². The minimum absolute atomic E-state index is 0.245. The summed E-state index contributed by atoms with van der Waals surface area (Å²) in [5.74, 6) is -0.271. The molecule has 64 heavy (non-hydrogen) atoms. The largest absolute Gasteiger partial charge is 0.394 e. The van der Waals surface area contributed by atoms with Crippen molar-refractivity contribution < 1.29 is 64.6 Å². The van der Waals surface area contributed by atoms with Gasteiger partial charge in [-0.05, 0) is 51.4 Å². The third-order valence-corrected chi connectivity index (χ3v) is 12.0. The number of hydrogen-bond acceptors (Lipinski definition) is 13. The van der Waals surface area contributed by atoms with E-state index in [1.54, 1.807) is 6.08 Å². The number of unbranched alkanes of at least 4 members (excludes halogenated alkanes) is 18. The van der Waals surface area contributed by atoms with Crippen LogP contribution in [0.4, 0.5) is 0 Å². The Morgan fingerprint density at radius 1 is 0.578 bits per heavy atom. The molecule has 0 radical (unpaired) electrons. The fourth-order valence-corrected chi connectivity index (χ4v) is 7.95. The van der Waals surface area contributed by atoms with Crippen LogP contribution in [0.1, 0.15) is 168 Å². The number of ether oxygens (including phenoxy) is 4. The highest BCUT2D eigenvalue weighted by Crippen LogP contribution is 2.30. The van der Waals surface area contributed by atoms with E-state index in [9.17, 15) is 45.6 Å². The van der Waals surface area contributed by atoms with E-state index < -0.39 is 86.8 Å². The third kappa shape index (κ3) is 24.1. The second-order valence-electron chi connectivity index (χ2n) is 17.6. The zero-order valence-electron chi connectivity index (χ0n) is 39.3. The predicted molar refractivity (Wildman–Crippen MR) is 249 cm³/mol. The first-order valence-corrected chi connectivity index (χ1v) is 24.9. The molecule has 2 heterocycles. The molecule has 2 aliphatic heterocycles. The van der Waals surface area contributed by atoms with E-state index in [1.807, 2.05) is 6.08 Å². The van der Waals surface area contributed by atoms with Gasteiger partial charge in [-0.3, -0.25) is 4.79 Å². The molecule has 0 bridgehead atoms. The van der Waals surface area contributed by atoms with E-state index in [4.69, 9.17) is 18.9 Å². The molecule has 0 aliphatic carbocycles. The molecule has 0 aromatic carbocycles. The van der Waals surface area contributed by atoms with Crippen LogP contribution in [-0.2, 0) is 23.7 Å². The number of nitrogens with one attached hydrogen (secondary N) is 1. The van der Waals surface area contributed by atoms with E-state index in [0.717, 1.165) is 57.8 Å². The monoisotopic (exact) mass is 912 g/mol. The molecule has 2 fully saturated rings. The van der Waals surface area contributed by atoms with Crippen LogP contribution in [0, 0.1) is 0 Å². The van der Waals surface area contributed by atoms with Gasteiger partial charge in [0.2, 0.25) is 5.91 Å². The highest BCUT2D eigenvalue weighted by atomic mass is 16.7. The summed E-state index contributed by atoms with van der Waals surface area (Å²) in [6, 6.07) is -0.929. The van der Waals surface area contributed by atoms with Crippen LogP contribution in [0.25, 0.3) is 0 Å². The van der Waals surface area contributed by atoms with Crippen molar-refractivity contribution in [2.45, 2.75) is 242 Å². The maximum Gasteiger partial charge on any atom is 0.220 e. The molecule has 14 nitrogen and oxygen atoms in total. The Kier molecular flexibility index (Phi) is 33.6. The molecule has 0 spiro atoms. The number of rotatable bonds is 37. The Morgan fingerprint density at radius 2 is 1.08 bits per heavy atom. The molecule has 12 unspecified atom stereocenters. The summed E-state index contributed by atoms with van der Waals surface area (Å²) in [5, 5.41) is 86.6. The average Bonchev–Trinajstić information content (AvgIpc) is 3.29. The highest BCUT2D eigenvalue weighted by molar-refractivity contribution is 5.76. The number of hydrogen-bond donors (Lipinski definition) is 9. The number of carbonyl (C=O) groups excluding carboxylic acids is 1. The van der Waals surface area contributed by atoms with Crippen molar-refractivity contribution in [2.75, 3.05) is 19.8 Å². The van der Waals surface area contributed by atoms with Crippen LogP contribution >= 0.6 is 0 Å². The minimum Gasteiger partial charge on any atom is -0.394 e. The summed E-state index contributed by atoms with van der Waals surface area (Å²) in [7, 11) is 0. The van der Waals surface area contributed by atoms with Gasteiger partial charge < -0.3 is 65.1 Å². The first-order chi connectivity index (χ1) is 31.1. The van der Waals surface area contributed by atoms with Crippen molar-refractivity contribution >= 4 is 5.91 Å². The molecular weight excluding hydrogens is 823 g/mol. The number of carbonyl (C=O) groups is 1. The molecule has 2 saturated heterocycles. The lowest BCUT2D eigenvalue weighted by Gasteiger charge is -2.46. The van der Waals surface area contributed by atoms with Gasteiger partial charge in [-0.15, -0.1) is 0 Å². The zero-order valence-corrected chi connectivity index (χ0v) is 39.3. The fourth-order valence-electron chi connectivity index (χ4n) is 7.95. The summed E-state index contributed by atoms with van der Waals surface area (Å²) >= 11 is 0. The molecule has 2 rings (SSSR count). The Labute approximate surface area is 384 Å². The molecule has 0 saturated carbocycles. The van der Waals surface area contributed by atoms with Crippen molar-refractivity contribution in [3.63, 3.8) is 0 Å². The standard InChI is InChI=1S/C50H89NO13/c1-3-5-7-9-11-13-15-17-18-19-20-22-23-25-27-29-31-33-39(54)38(51-42(55)34-32-30-28-26-24-21-16-14-12-10-8-6-4-2)37-61-49-47(60)45(58)48(41(36-53)63-49)64-50-46(59)44(57)43(56)40(35-52)62-50/h6,8,12,14,21,24,31,33,38-41,43-50,52-54,56-60H,3-5,7,9-11,13,15-20,22-23,25-30,32,34-37H2,1-2H3,(H,51,55)/b8-6-,14-12-,24-21-,33-31+. The molecular formula is C50H89NO13. The number of allylic oxidation sites excluding steroid dienone is 7. The first kappa shape index (κ1) is 58.1. The van der Waals surface area contributed by atoms with Gasteiger partial charge in [-0.2, -0.15) is 0 Å². The van der Waals surface area contributed by atoms with E-state index >= 15 is 0 Å². The Bertz CT molecular complexity index is 1260. The second-order valence-corrected chi connectivity index (χ2v) is 17.6. The van der Waals surface area contributed by atoms with E-state index in [0.29, 0.717) is 6.42 Å². The van der Waals surface area contributed by atoms with Crippen LogP contribution in [0.3, 0.4) is 0 Å². The molecule has 14 heteroatoms. The number of aliphatic hydroxyl groups is 8. The molecule has 1 amide bonds. The summed E-state index contributed by atoms with van der Waals surface area (Å²) in [6.07, 6.45) is 25.8. The molecule has 2 aliphatic rings. The molecule has 9 N–H and O–H groups in total. The Hall–Kier alpha value is -2.05. The van der Waals surface area contributed by atoms with Gasteiger partial charge in [0.15, 0.2) is 12.6 Å². The van der Waals surface area contributed by atoms with Crippen molar-refractivity contribution in [3.05, 3.63) is 48.6 Å². The third-order valence-electron chi connectivity index (χ3n) is 12.0. The van der Waals surface area contributed by atoms with Crippen molar-refractivity contribution in [2.24, 2.45) is 0 Å². The Morgan fingerprint density at radius 3 is 1.66 bits per heavy atom. The first-order valence-electron chi connectivity index (χ1n) is 24.9. The van der Waals surface area contributed by atoms with E-state index in [2.05, 4.69) is 55.6 Å². The lowest BCUT2D eigenvalue weighted by molar-refractivity contribution is -0.359. The summed E-state index contributed by atoms with van der Waals surface area (Å²) in [5.41, 5.74) is 0. The smallest absolute Gasteiger partial charge is 0.220 e. The predicted octanol–water partition coefficient (Wildman–Crippen LogP) is 6.10. The lowest BCUT2D eigenvalue weighted by atomic mass is 9.97. The Balaban J connectivity index is 1.88. The van der Waals surface area contributed by atoms with Gasteiger partial charge >= 0.3 is 0 Å². The van der Waals surface area contributed by atoms with Crippen LogP contribution < -0.4 is 5.32 Å². The van der Waals surface area contributed by atoms with Crippen LogP contribution in [0.2, 0.25) is 0 Å². The maximum absolute atomic E-state index is 13.1. The molecule has 0 aromatic rings. The summed E-state index contributed by atoms with van der Waals surface area (Å²) in [6.45, 7) is 2.63. The molecule has 12 atom stereocenters. The van der Waals surface area contributed by atoms with E-state index in [1.165, 1.54) is 83.5 Å². The molecule has 0 aromatic heterocycles. The van der Waals surface area contributed by atoms with Gasteiger partial charge in [-0.1, -0.05) is 159 Å². The average molecular weight is 912 g/mol. The zero-order chi connectivity index (χ0) is 46.8. The molecule has 372 valence electrons. The quantitative estimate of drug-likeness (QED) is 0.0254. The van der Waals surface area contributed by atoms with Gasteiger partial charge in [-0.25, -0.2) is 0 Å². The highest BCUT2D eigenvalue weighted by Gasteiger charge is 2.51. The van der Waals surface area contributed by atoms with Crippen molar-refractivity contribution in [1.29, 1.82) is 0 Å². The number of amides is 1. The lowest BCUT2D eigenvalue weighted by Crippen LogP contribution is -2.65. The van der Waals surface area contributed by atoms with Gasteiger partial charge in [0.1, 0.15) is 48.8 Å². The van der Waals surface area contributed by atoms with Gasteiger partial charge in [0.05, 0.1) is 32.0 Å². The fraction of sp³-hybridized carbons (Fsp3) is 0.820. The van der Waals surface area contributed by atoms with E-state index in [-0.39, 0.29) is 18.9 Å². The topological polar surface area (TPSA) is 228 Å². The SMILES string of the molecule is CC/C=C\C/C=C\C/C=C\CCCCCC(=O)NC(COC1OC(CO)C(OC2OC(CO)C(O)C(O)C2O)C(O)C1O)C(O)/C=C/CCCCCCCCCCCCCCCCC. The van der Waals surface area contributed by atoms with Crippen molar-refractivity contribution in [1.82, 2.24) is 5.32 Å². The number of aliphatic hydroxyl groups excluding tert-OH is 8. The maximum atomic E-state index is 13.1. The van der Waals surface area contributed by atoms with Crippen LogP contribution in [0.5, 0.6) is 0 Å².